The Morgan fingerprint density at radius 2 is 2.10 bits per heavy atom. The predicted octanol–water partition coefficient (Wildman–Crippen LogP) is 2.96. The normalized spacial score (nSPS) is 10.3. The molecule has 1 aromatic heterocycles. The van der Waals surface area contributed by atoms with Crippen LogP contribution in [-0.2, 0) is 6.61 Å². The van der Waals surface area contributed by atoms with Crippen molar-refractivity contribution in [3.8, 4) is 5.75 Å². The first-order valence-electron chi connectivity index (χ1n) is 6.01. The zero-order valence-corrected chi connectivity index (χ0v) is 12.9. The van der Waals surface area contributed by atoms with Crippen LogP contribution in [0.15, 0.2) is 35.2 Å². The van der Waals surface area contributed by atoms with Gasteiger partial charge in [0.2, 0.25) is 0 Å². The number of nitrogens with two attached hydrogens (primary N) is 1. The van der Waals surface area contributed by atoms with E-state index in [-0.39, 0.29) is 5.91 Å². The number of hydrazine groups is 1. The number of hydrogen-bond acceptors (Lipinski definition) is 5. The molecule has 1 aromatic carbocycles. The molecule has 0 bridgehead atoms. The summed E-state index contributed by atoms with van der Waals surface area (Å²) in [6, 6.07) is 9.75. The number of aryl methyl sites for hydroxylation is 1. The summed E-state index contributed by atoms with van der Waals surface area (Å²) in [5, 5.41) is 0. The van der Waals surface area contributed by atoms with Crippen LogP contribution >= 0.6 is 23.1 Å². The molecule has 6 heteroatoms. The molecule has 0 saturated heterocycles. The third-order valence-electron chi connectivity index (χ3n) is 2.83. The monoisotopic (exact) mass is 308 g/mol. The maximum absolute atomic E-state index is 11.5. The molecule has 4 nitrogen and oxygen atoms in total. The third-order valence-corrected chi connectivity index (χ3v) is 4.66. The highest BCUT2D eigenvalue weighted by atomic mass is 32.2. The summed E-state index contributed by atoms with van der Waals surface area (Å²) < 4.78 is 5.73. The van der Waals surface area contributed by atoms with E-state index in [2.05, 4.69) is 5.43 Å². The van der Waals surface area contributed by atoms with Crippen LogP contribution in [0.3, 0.4) is 0 Å². The maximum Gasteiger partial charge on any atom is 0.275 e. The molecule has 0 aliphatic rings. The van der Waals surface area contributed by atoms with Crippen LogP contribution in [0.1, 0.15) is 20.1 Å². The van der Waals surface area contributed by atoms with E-state index in [0.29, 0.717) is 11.5 Å². The molecule has 0 aliphatic carbocycles. The number of thioether (sulfide) groups is 1. The van der Waals surface area contributed by atoms with Crippen molar-refractivity contribution in [1.82, 2.24) is 5.43 Å². The number of rotatable bonds is 5. The van der Waals surface area contributed by atoms with Gasteiger partial charge in [-0.05, 0) is 43.5 Å². The summed E-state index contributed by atoms with van der Waals surface area (Å²) in [5.74, 6) is 5.68. The quantitative estimate of drug-likeness (QED) is 0.386. The lowest BCUT2D eigenvalue weighted by Gasteiger charge is -2.06. The highest BCUT2D eigenvalue weighted by Crippen LogP contribution is 2.24. The van der Waals surface area contributed by atoms with Gasteiger partial charge in [0, 0.05) is 15.3 Å². The van der Waals surface area contributed by atoms with Crippen molar-refractivity contribution >= 4 is 29.0 Å². The first-order chi connectivity index (χ1) is 9.63. The zero-order chi connectivity index (χ0) is 14.5. The average Bonchev–Trinajstić information content (AvgIpc) is 2.86. The minimum atomic E-state index is -0.270. The Hall–Kier alpha value is -1.50. The smallest absolute Gasteiger partial charge is 0.275 e. The second-order valence-corrected chi connectivity index (χ2v) is 6.27. The SMILES string of the molecule is CSc1ccc(OCc2cc(C(=O)NN)sc2C)cc1. The number of carbonyl (C=O) groups excluding carboxylic acids is 1. The van der Waals surface area contributed by atoms with Crippen LogP contribution in [-0.4, -0.2) is 12.2 Å². The molecule has 0 radical (unpaired) electrons. The summed E-state index contributed by atoms with van der Waals surface area (Å²) >= 11 is 3.11. The van der Waals surface area contributed by atoms with E-state index in [9.17, 15) is 4.79 Å². The van der Waals surface area contributed by atoms with Crippen LogP contribution in [0.25, 0.3) is 0 Å². The van der Waals surface area contributed by atoms with Crippen LogP contribution in [0.2, 0.25) is 0 Å². The molecular formula is C14H16N2O2S2. The van der Waals surface area contributed by atoms with Crippen LogP contribution < -0.4 is 16.0 Å². The first kappa shape index (κ1) is 14.9. The van der Waals surface area contributed by atoms with Gasteiger partial charge in [-0.25, -0.2) is 5.84 Å². The Balaban J connectivity index is 2.02. The largest absolute Gasteiger partial charge is 0.489 e. The standard InChI is InChI=1S/C14H16N2O2S2/c1-9-10(7-13(20-9)14(17)16-15)8-18-11-3-5-12(19-2)6-4-11/h3-7H,8,15H2,1-2H3,(H,16,17). The Kier molecular flexibility index (Phi) is 5.05. The molecule has 1 amide bonds. The van der Waals surface area contributed by atoms with Gasteiger partial charge in [0.15, 0.2) is 0 Å². The van der Waals surface area contributed by atoms with Gasteiger partial charge in [0.1, 0.15) is 12.4 Å². The molecule has 2 rings (SSSR count). The molecule has 0 unspecified atom stereocenters. The number of amides is 1. The van der Waals surface area contributed by atoms with E-state index in [1.165, 1.54) is 16.2 Å². The molecule has 3 N–H and O–H groups in total. The number of benzene rings is 1. The Morgan fingerprint density at radius 3 is 2.70 bits per heavy atom. The molecule has 0 atom stereocenters. The van der Waals surface area contributed by atoms with Gasteiger partial charge in [-0.1, -0.05) is 0 Å². The molecule has 0 spiro atoms. The number of hydrogen-bond donors (Lipinski definition) is 2. The van der Waals surface area contributed by atoms with E-state index in [1.54, 1.807) is 11.8 Å². The van der Waals surface area contributed by atoms with Crippen LogP contribution in [0, 0.1) is 6.92 Å². The lowest BCUT2D eigenvalue weighted by molar-refractivity contribution is 0.0957. The Bertz CT molecular complexity index is 594. The summed E-state index contributed by atoms with van der Waals surface area (Å²) in [7, 11) is 0. The van der Waals surface area contributed by atoms with Gasteiger partial charge in [0.25, 0.3) is 5.91 Å². The maximum atomic E-state index is 11.5. The molecule has 2 aromatic rings. The minimum absolute atomic E-state index is 0.270. The van der Waals surface area contributed by atoms with Gasteiger partial charge in [-0.3, -0.25) is 10.2 Å². The van der Waals surface area contributed by atoms with Gasteiger partial charge in [-0.2, -0.15) is 0 Å². The molecule has 0 aliphatic heterocycles. The van der Waals surface area contributed by atoms with Crippen molar-refractivity contribution in [2.45, 2.75) is 18.4 Å². The molecule has 0 saturated carbocycles. The van der Waals surface area contributed by atoms with Gasteiger partial charge in [-0.15, -0.1) is 23.1 Å². The first-order valence-corrected chi connectivity index (χ1v) is 8.05. The Labute approximate surface area is 126 Å². The topological polar surface area (TPSA) is 64.3 Å². The second kappa shape index (κ2) is 6.78. The number of carbonyl (C=O) groups is 1. The number of nitrogen functional groups attached to an aromatic ring is 1. The average molecular weight is 308 g/mol. The molecule has 1 heterocycles. The lowest BCUT2D eigenvalue weighted by Crippen LogP contribution is -2.29. The lowest BCUT2D eigenvalue weighted by atomic mass is 10.2. The molecule has 20 heavy (non-hydrogen) atoms. The van der Waals surface area contributed by atoms with E-state index < -0.39 is 0 Å². The van der Waals surface area contributed by atoms with Crippen molar-refractivity contribution in [2.75, 3.05) is 6.26 Å². The fourth-order valence-electron chi connectivity index (χ4n) is 1.68. The Morgan fingerprint density at radius 1 is 1.40 bits per heavy atom. The van der Waals surface area contributed by atoms with Gasteiger partial charge in [0.05, 0.1) is 4.88 Å². The van der Waals surface area contributed by atoms with Crippen molar-refractivity contribution in [3.05, 3.63) is 45.6 Å². The molecule has 0 fully saturated rings. The van der Waals surface area contributed by atoms with E-state index >= 15 is 0 Å². The summed E-state index contributed by atoms with van der Waals surface area (Å²) in [4.78, 5) is 14.3. The van der Waals surface area contributed by atoms with E-state index in [4.69, 9.17) is 10.6 Å². The zero-order valence-electron chi connectivity index (χ0n) is 11.3. The van der Waals surface area contributed by atoms with Gasteiger partial charge < -0.3 is 4.74 Å². The number of nitrogens with one attached hydrogen (secondary N) is 1. The number of thiophene rings is 1. The summed E-state index contributed by atoms with van der Waals surface area (Å²) in [6.07, 6.45) is 2.04. The van der Waals surface area contributed by atoms with Crippen LogP contribution in [0.5, 0.6) is 5.75 Å². The van der Waals surface area contributed by atoms with Crippen molar-refractivity contribution in [2.24, 2.45) is 5.84 Å². The third kappa shape index (κ3) is 3.53. The fraction of sp³-hybridized carbons (Fsp3) is 0.214. The van der Waals surface area contributed by atoms with E-state index in [0.717, 1.165) is 16.2 Å². The van der Waals surface area contributed by atoms with Crippen molar-refractivity contribution in [3.63, 3.8) is 0 Å². The van der Waals surface area contributed by atoms with Crippen molar-refractivity contribution < 1.29 is 9.53 Å². The number of ether oxygens (including phenoxy) is 1. The predicted molar refractivity (Wildman–Crippen MR) is 83.3 cm³/mol. The molecule has 106 valence electrons. The second-order valence-electron chi connectivity index (χ2n) is 4.13. The van der Waals surface area contributed by atoms with E-state index in [1.807, 2.05) is 43.5 Å². The fourth-order valence-corrected chi connectivity index (χ4v) is 3.02. The highest BCUT2D eigenvalue weighted by Gasteiger charge is 2.11. The van der Waals surface area contributed by atoms with Crippen molar-refractivity contribution in [1.29, 1.82) is 0 Å². The summed E-state index contributed by atoms with van der Waals surface area (Å²) in [5.41, 5.74) is 3.14. The highest BCUT2D eigenvalue weighted by molar-refractivity contribution is 7.98. The summed E-state index contributed by atoms with van der Waals surface area (Å²) in [6.45, 7) is 2.41. The minimum Gasteiger partial charge on any atom is -0.489 e. The molecular weight excluding hydrogens is 292 g/mol. The van der Waals surface area contributed by atoms with Gasteiger partial charge >= 0.3 is 0 Å². The van der Waals surface area contributed by atoms with Crippen LogP contribution in [0.4, 0.5) is 0 Å².